The molecule has 0 aromatic heterocycles. The molecule has 2 aromatic rings. The number of ether oxygens (including phenoxy) is 7. The molecule has 49 heavy (non-hydrogen) atoms. The number of allylic oxidation sites excluding steroid dienone is 1. The van der Waals surface area contributed by atoms with Gasteiger partial charge < -0.3 is 53.8 Å². The summed E-state index contributed by atoms with van der Waals surface area (Å²) in [5, 5.41) is 36.3. The summed E-state index contributed by atoms with van der Waals surface area (Å²) >= 11 is 0. The lowest BCUT2D eigenvalue weighted by atomic mass is 9.93. The Morgan fingerprint density at radius 1 is 1.14 bits per heavy atom. The van der Waals surface area contributed by atoms with Crippen molar-refractivity contribution in [2.75, 3.05) is 27.9 Å². The molecule has 0 amide bonds. The van der Waals surface area contributed by atoms with Gasteiger partial charge in [0.15, 0.2) is 24.1 Å². The summed E-state index contributed by atoms with van der Waals surface area (Å²) in [6.07, 6.45) is -4.97. The van der Waals surface area contributed by atoms with Crippen molar-refractivity contribution in [1.82, 2.24) is 5.32 Å². The SMILES string of the molecule is CNC1C(O[C@@H]2C3=CC#CC[C@](OC)(C4COC(=O)O4)C#CC3=CC2OC(=O)c2c(O)ccc3c(C)cc(OC)cc23)OC(C)C(O)C1O. The second kappa shape index (κ2) is 13.7. The van der Waals surface area contributed by atoms with E-state index in [0.29, 0.717) is 27.7 Å². The van der Waals surface area contributed by atoms with Gasteiger partial charge in [0, 0.05) is 23.6 Å². The molecule has 7 unspecified atom stereocenters. The van der Waals surface area contributed by atoms with Gasteiger partial charge in [-0.05, 0) is 62.2 Å². The van der Waals surface area contributed by atoms with E-state index in [2.05, 4.69) is 29.0 Å². The predicted molar refractivity (Wildman–Crippen MR) is 172 cm³/mol. The summed E-state index contributed by atoms with van der Waals surface area (Å²) in [6, 6.07) is 5.73. The summed E-state index contributed by atoms with van der Waals surface area (Å²) in [5.74, 6) is 11.5. The lowest BCUT2D eigenvalue weighted by molar-refractivity contribution is -0.273. The van der Waals surface area contributed by atoms with Gasteiger partial charge in [-0.25, -0.2) is 9.59 Å². The molecular formula is C36H37NO12. The number of carbonyl (C=O) groups excluding carboxylic acids is 2. The van der Waals surface area contributed by atoms with Crippen LogP contribution in [0.2, 0.25) is 0 Å². The minimum atomic E-state index is -1.33. The maximum Gasteiger partial charge on any atom is 0.508 e. The van der Waals surface area contributed by atoms with Gasteiger partial charge in [0.2, 0.25) is 0 Å². The Balaban J connectivity index is 1.41. The number of esters is 1. The van der Waals surface area contributed by atoms with Crippen LogP contribution >= 0.6 is 0 Å². The monoisotopic (exact) mass is 675 g/mol. The van der Waals surface area contributed by atoms with Crippen molar-refractivity contribution in [3.63, 3.8) is 0 Å². The summed E-state index contributed by atoms with van der Waals surface area (Å²) in [5.41, 5.74) is 0.239. The Morgan fingerprint density at radius 2 is 1.94 bits per heavy atom. The molecule has 0 radical (unpaired) electrons. The minimum Gasteiger partial charge on any atom is -0.507 e. The highest BCUT2D eigenvalue weighted by Crippen LogP contribution is 2.38. The summed E-state index contributed by atoms with van der Waals surface area (Å²) in [6.45, 7) is 3.39. The number of phenolic OH excluding ortho intramolecular Hbond substituents is 1. The van der Waals surface area contributed by atoms with Crippen LogP contribution in [0.4, 0.5) is 4.79 Å². The third-order valence-electron chi connectivity index (χ3n) is 9.24. The second-order valence-electron chi connectivity index (χ2n) is 12.1. The molecule has 2 aliphatic carbocycles. The molecule has 2 aromatic carbocycles. The number of hydrogen-bond donors (Lipinski definition) is 4. The molecule has 2 heterocycles. The van der Waals surface area contributed by atoms with Crippen LogP contribution in [0.3, 0.4) is 0 Å². The Hall–Kier alpha value is -4.60. The number of carbonyl (C=O) groups is 2. The molecule has 6 rings (SSSR count). The first kappa shape index (κ1) is 34.3. The number of fused-ring (bicyclic) bond motifs is 2. The fourth-order valence-corrected chi connectivity index (χ4v) is 6.42. The van der Waals surface area contributed by atoms with Crippen molar-refractivity contribution in [2.45, 2.75) is 74.8 Å². The van der Waals surface area contributed by atoms with Gasteiger partial charge >= 0.3 is 12.1 Å². The third kappa shape index (κ3) is 6.33. The highest BCUT2D eigenvalue weighted by Gasteiger charge is 2.48. The van der Waals surface area contributed by atoms with E-state index < -0.39 is 66.7 Å². The molecular weight excluding hydrogens is 638 g/mol. The topological polar surface area (TPSA) is 171 Å². The Bertz CT molecular complexity index is 1850. The van der Waals surface area contributed by atoms with E-state index in [-0.39, 0.29) is 24.3 Å². The standard InChI is InChI=1S/C36H37NO12/c1-18-14-21(43-4)16-24-22(18)9-10-25(38)28(24)33(41)47-26-15-20-11-13-36(44-5,27-17-45-35(42)48-27)12-7-6-8-23(20)32(26)49-34-29(37-3)31(40)30(39)19(2)46-34/h8-10,14-16,19,26-27,29-32,34,37-40H,12,17H2,1-5H3/t19?,26?,27?,29?,30?,31?,32-,34?,36-/m1/s1. The number of benzene rings is 2. The number of rotatable bonds is 8. The van der Waals surface area contributed by atoms with Crippen LogP contribution in [-0.2, 0) is 28.4 Å². The Kier molecular flexibility index (Phi) is 9.60. The number of aliphatic hydroxyl groups is 2. The van der Waals surface area contributed by atoms with E-state index in [4.69, 9.17) is 33.2 Å². The number of aliphatic hydroxyl groups excluding tert-OH is 2. The zero-order valence-electron chi connectivity index (χ0n) is 27.5. The fourth-order valence-electron chi connectivity index (χ4n) is 6.42. The maximum absolute atomic E-state index is 14.0. The summed E-state index contributed by atoms with van der Waals surface area (Å²) < 4.78 is 40.1. The first-order valence-corrected chi connectivity index (χ1v) is 15.7. The van der Waals surface area contributed by atoms with Crippen molar-refractivity contribution in [3.8, 4) is 35.2 Å². The molecule has 0 bridgehead atoms. The summed E-state index contributed by atoms with van der Waals surface area (Å²) in [7, 11) is 4.53. The molecule has 0 saturated carbocycles. The smallest absolute Gasteiger partial charge is 0.507 e. The van der Waals surface area contributed by atoms with Gasteiger partial charge in [0.1, 0.15) is 42.0 Å². The first-order valence-electron chi connectivity index (χ1n) is 15.7. The summed E-state index contributed by atoms with van der Waals surface area (Å²) in [4.78, 5) is 25.8. The van der Waals surface area contributed by atoms with E-state index in [1.807, 2.05) is 13.0 Å². The van der Waals surface area contributed by atoms with Crippen LogP contribution in [0.25, 0.3) is 10.8 Å². The number of methoxy groups -OCH3 is 2. The average Bonchev–Trinajstić information content (AvgIpc) is 3.67. The molecule has 13 nitrogen and oxygen atoms in total. The van der Waals surface area contributed by atoms with Gasteiger partial charge in [-0.1, -0.05) is 29.7 Å². The fraction of sp³-hybridized carbons (Fsp3) is 0.444. The van der Waals surface area contributed by atoms with Crippen molar-refractivity contribution in [3.05, 3.63) is 58.7 Å². The maximum atomic E-state index is 14.0. The van der Waals surface area contributed by atoms with Crippen molar-refractivity contribution < 1.29 is 58.1 Å². The number of aromatic hydroxyl groups is 1. The van der Waals surface area contributed by atoms with Gasteiger partial charge in [-0.3, -0.25) is 0 Å². The van der Waals surface area contributed by atoms with E-state index in [1.54, 1.807) is 38.3 Å². The quantitative estimate of drug-likeness (QED) is 0.237. The average molecular weight is 676 g/mol. The Morgan fingerprint density at radius 3 is 2.63 bits per heavy atom. The first-order chi connectivity index (χ1) is 23.5. The Labute approximate surface area is 282 Å². The van der Waals surface area contributed by atoms with E-state index in [0.717, 1.165) is 5.56 Å². The predicted octanol–water partition coefficient (Wildman–Crippen LogP) is 2.03. The van der Waals surface area contributed by atoms with Crippen molar-refractivity contribution in [2.24, 2.45) is 0 Å². The van der Waals surface area contributed by atoms with E-state index in [9.17, 15) is 24.9 Å². The molecule has 258 valence electrons. The number of aryl methyl sites for hydroxylation is 1. The zero-order valence-corrected chi connectivity index (χ0v) is 27.5. The highest BCUT2D eigenvalue weighted by molar-refractivity contribution is 6.08. The molecule has 2 saturated heterocycles. The molecule has 0 spiro atoms. The van der Waals surface area contributed by atoms with Crippen molar-refractivity contribution in [1.29, 1.82) is 0 Å². The van der Waals surface area contributed by atoms with Crippen LogP contribution in [-0.4, -0.2) is 110 Å². The number of phenols is 1. The van der Waals surface area contributed by atoms with Crippen LogP contribution in [0.5, 0.6) is 11.5 Å². The lowest BCUT2D eigenvalue weighted by Gasteiger charge is -2.42. The second-order valence-corrected chi connectivity index (χ2v) is 12.1. The third-order valence-corrected chi connectivity index (χ3v) is 9.24. The number of hydrogen-bond acceptors (Lipinski definition) is 13. The van der Waals surface area contributed by atoms with Gasteiger partial charge in [0.05, 0.1) is 25.7 Å². The van der Waals surface area contributed by atoms with Crippen LogP contribution < -0.4 is 10.1 Å². The molecule has 4 N–H and O–H groups in total. The minimum absolute atomic E-state index is 0.0757. The van der Waals surface area contributed by atoms with E-state index in [1.165, 1.54) is 20.3 Å². The number of likely N-dealkylation sites (N-methyl/N-ethyl adjacent to an activating group) is 1. The van der Waals surface area contributed by atoms with Crippen LogP contribution in [0.15, 0.2) is 47.6 Å². The van der Waals surface area contributed by atoms with Gasteiger partial charge in [-0.15, -0.1) is 0 Å². The molecule has 9 atom stereocenters. The largest absolute Gasteiger partial charge is 0.508 e. The lowest BCUT2D eigenvalue weighted by Crippen LogP contribution is -2.62. The molecule has 13 heteroatoms. The number of nitrogens with one attached hydrogen (secondary N) is 1. The van der Waals surface area contributed by atoms with Crippen LogP contribution in [0, 0.1) is 30.6 Å². The van der Waals surface area contributed by atoms with E-state index >= 15 is 0 Å². The molecule has 4 aliphatic rings. The van der Waals surface area contributed by atoms with Gasteiger partial charge in [0.25, 0.3) is 0 Å². The molecule has 2 aliphatic heterocycles. The van der Waals surface area contributed by atoms with Gasteiger partial charge in [-0.2, -0.15) is 0 Å². The molecule has 2 fully saturated rings. The zero-order chi connectivity index (χ0) is 35.0. The highest BCUT2D eigenvalue weighted by atomic mass is 16.8. The van der Waals surface area contributed by atoms with Crippen LogP contribution in [0.1, 0.15) is 29.3 Å². The van der Waals surface area contributed by atoms with Crippen molar-refractivity contribution >= 4 is 22.9 Å². The number of cyclic esters (lactones) is 2. The normalized spacial score (nSPS) is 32.0.